The van der Waals surface area contributed by atoms with Crippen molar-refractivity contribution >= 4 is 21.5 Å². The van der Waals surface area contributed by atoms with Crippen LogP contribution in [-0.4, -0.2) is 4.21 Å². The van der Waals surface area contributed by atoms with Crippen molar-refractivity contribution in [2.24, 2.45) is 4.36 Å². The Labute approximate surface area is 149 Å². The molecule has 2 nitrogen and oxygen atoms in total. The highest BCUT2D eigenvalue weighted by Crippen LogP contribution is 2.37. The van der Waals surface area contributed by atoms with Crippen molar-refractivity contribution in [2.75, 3.05) is 0 Å². The molecule has 4 rings (SSSR count). The lowest BCUT2D eigenvalue weighted by atomic mass is 10.1. The Kier molecular flexibility index (Phi) is 3.81. The van der Waals surface area contributed by atoms with Crippen LogP contribution in [0.4, 0.5) is 0 Å². The van der Waals surface area contributed by atoms with Gasteiger partial charge in [0.15, 0.2) is 0 Å². The average Bonchev–Trinajstić information content (AvgIpc) is 2.63. The van der Waals surface area contributed by atoms with E-state index in [0.29, 0.717) is 0 Å². The quantitative estimate of drug-likeness (QED) is 0.586. The third-order valence-corrected chi connectivity index (χ3v) is 6.66. The summed E-state index contributed by atoms with van der Waals surface area (Å²) in [5, 5.41) is 0. The summed E-state index contributed by atoms with van der Waals surface area (Å²) in [4.78, 5) is 1.57. The first-order valence-corrected chi connectivity index (χ1v) is 9.79. The number of fused-ring (bicyclic) bond motifs is 1. The fourth-order valence-corrected chi connectivity index (χ4v) is 5.37. The zero-order valence-corrected chi connectivity index (χ0v) is 15.1. The highest BCUT2D eigenvalue weighted by Gasteiger charge is 2.24. The summed E-state index contributed by atoms with van der Waals surface area (Å²) in [5.41, 5.74) is 4.90. The van der Waals surface area contributed by atoms with Crippen LogP contribution in [0.2, 0.25) is 0 Å². The molecule has 1 atom stereocenters. The molecule has 0 radical (unpaired) electrons. The molecule has 0 N–H and O–H groups in total. The van der Waals surface area contributed by atoms with E-state index in [1.165, 1.54) is 0 Å². The predicted octanol–water partition coefficient (Wildman–Crippen LogP) is 5.70. The number of rotatable bonds is 2. The van der Waals surface area contributed by atoms with Gasteiger partial charge in [-0.15, -0.1) is 0 Å². The molecule has 25 heavy (non-hydrogen) atoms. The first kappa shape index (κ1) is 15.9. The predicted molar refractivity (Wildman–Crippen MR) is 104 cm³/mol. The third kappa shape index (κ3) is 2.81. The van der Waals surface area contributed by atoms with Gasteiger partial charge in [0.1, 0.15) is 9.73 Å². The molecule has 0 saturated carbocycles. The third-order valence-electron chi connectivity index (χ3n) is 4.36. The minimum absolute atomic E-state index is 0.765. The van der Waals surface area contributed by atoms with Gasteiger partial charge in [0, 0.05) is 5.56 Å². The van der Waals surface area contributed by atoms with E-state index in [1.54, 1.807) is 0 Å². The summed E-state index contributed by atoms with van der Waals surface area (Å²) in [6, 6.07) is 23.9. The molecule has 0 aliphatic carbocycles. The van der Waals surface area contributed by atoms with Crippen LogP contribution in [0.5, 0.6) is 0 Å². The van der Waals surface area contributed by atoms with E-state index < -0.39 is 9.73 Å². The first-order chi connectivity index (χ1) is 12.1. The molecule has 0 saturated heterocycles. The van der Waals surface area contributed by atoms with Gasteiger partial charge in [0.05, 0.1) is 15.5 Å². The Hall–Kier alpha value is -2.65. The fourth-order valence-electron chi connectivity index (χ4n) is 3.07. The van der Waals surface area contributed by atoms with E-state index in [1.807, 2.05) is 86.7 Å². The minimum atomic E-state index is -2.71. The lowest BCUT2D eigenvalue weighted by Crippen LogP contribution is -2.08. The molecule has 0 unspecified atom stereocenters. The van der Waals surface area contributed by atoms with Crippen LogP contribution in [-0.2, 0) is 9.73 Å². The molecule has 3 aromatic carbocycles. The molecule has 0 amide bonds. The minimum Gasteiger partial charge on any atom is -0.239 e. The van der Waals surface area contributed by atoms with E-state index in [9.17, 15) is 4.21 Å². The average molecular weight is 345 g/mol. The van der Waals surface area contributed by atoms with Crippen molar-refractivity contribution in [1.82, 2.24) is 0 Å². The highest BCUT2D eigenvalue weighted by atomic mass is 32.2. The van der Waals surface area contributed by atoms with Crippen LogP contribution in [0.15, 0.2) is 87.0 Å². The van der Waals surface area contributed by atoms with Gasteiger partial charge in [0.25, 0.3) is 0 Å². The molecule has 1 heterocycles. The van der Waals surface area contributed by atoms with Gasteiger partial charge in [-0.1, -0.05) is 54.6 Å². The molecular weight excluding hydrogens is 326 g/mol. The smallest absolute Gasteiger partial charge is 0.109 e. The first-order valence-electron chi connectivity index (χ1n) is 8.28. The highest BCUT2D eigenvalue weighted by molar-refractivity contribution is 7.94. The van der Waals surface area contributed by atoms with Crippen molar-refractivity contribution in [3.8, 4) is 0 Å². The zero-order valence-electron chi connectivity index (χ0n) is 14.3. The maximum atomic E-state index is 14.1. The molecule has 3 heteroatoms. The van der Waals surface area contributed by atoms with Gasteiger partial charge in [-0.3, -0.25) is 0 Å². The Morgan fingerprint density at radius 3 is 2.32 bits per heavy atom. The summed E-state index contributed by atoms with van der Waals surface area (Å²) in [6.45, 7) is 4.03. The number of nitrogens with zero attached hydrogens (tertiary/aromatic N) is 1. The van der Waals surface area contributed by atoms with Crippen molar-refractivity contribution in [2.45, 2.75) is 23.6 Å². The van der Waals surface area contributed by atoms with Gasteiger partial charge in [0.2, 0.25) is 0 Å². The summed E-state index contributed by atoms with van der Waals surface area (Å²) < 4.78 is 18.9. The van der Waals surface area contributed by atoms with E-state index >= 15 is 0 Å². The molecular formula is C22H19NOS. The Bertz CT molecular complexity index is 1100. The Morgan fingerprint density at radius 1 is 0.800 bits per heavy atom. The second kappa shape index (κ2) is 6.01. The largest absolute Gasteiger partial charge is 0.239 e. The molecule has 0 spiro atoms. The fraction of sp³-hybridized carbons (Fsp3) is 0.0909. The van der Waals surface area contributed by atoms with Crippen LogP contribution >= 0.6 is 0 Å². The van der Waals surface area contributed by atoms with Crippen molar-refractivity contribution in [1.29, 1.82) is 0 Å². The van der Waals surface area contributed by atoms with E-state index in [2.05, 4.69) is 6.07 Å². The van der Waals surface area contributed by atoms with Crippen LogP contribution < -0.4 is 0 Å². The molecule has 1 aliphatic heterocycles. The number of hydrogen-bond donors (Lipinski definition) is 0. The summed E-state index contributed by atoms with van der Waals surface area (Å²) in [7, 11) is -2.71. The molecule has 0 bridgehead atoms. The lowest BCUT2D eigenvalue weighted by molar-refractivity contribution is 0.676. The van der Waals surface area contributed by atoms with Gasteiger partial charge in [-0.2, -0.15) is 4.36 Å². The lowest BCUT2D eigenvalue weighted by Gasteiger charge is -2.20. The molecule has 0 fully saturated rings. The molecule has 0 aromatic heterocycles. The number of hydrogen-bond acceptors (Lipinski definition) is 2. The summed E-state index contributed by atoms with van der Waals surface area (Å²) >= 11 is 0. The SMILES string of the molecule is Cc1cccc([S@@]2(=O)=NC(c3ccccc3)=Cc3ccc(C)cc32)c1. The van der Waals surface area contributed by atoms with E-state index in [4.69, 9.17) is 4.36 Å². The van der Waals surface area contributed by atoms with Crippen LogP contribution in [0, 0.1) is 13.8 Å². The Morgan fingerprint density at radius 2 is 1.56 bits per heavy atom. The second-order valence-electron chi connectivity index (χ2n) is 6.37. The van der Waals surface area contributed by atoms with Gasteiger partial charge >= 0.3 is 0 Å². The van der Waals surface area contributed by atoms with Crippen LogP contribution in [0.25, 0.3) is 11.8 Å². The standard InChI is InChI=1S/C22H19NOS/c1-16-7-6-10-20(13-16)25(24)22-14-17(2)11-12-19(22)15-21(23-25)18-8-4-3-5-9-18/h3-15H,1-2H3/t25-/m0/s1. The summed E-state index contributed by atoms with van der Waals surface area (Å²) in [5.74, 6) is 0. The summed E-state index contributed by atoms with van der Waals surface area (Å²) in [6.07, 6.45) is 2.03. The maximum absolute atomic E-state index is 14.1. The van der Waals surface area contributed by atoms with Gasteiger partial charge in [-0.05, 0) is 54.8 Å². The van der Waals surface area contributed by atoms with Crippen molar-refractivity contribution < 1.29 is 4.21 Å². The van der Waals surface area contributed by atoms with Crippen molar-refractivity contribution in [3.63, 3.8) is 0 Å². The monoisotopic (exact) mass is 345 g/mol. The molecule has 1 aliphatic rings. The normalized spacial score (nSPS) is 18.9. The van der Waals surface area contributed by atoms with E-state index in [-0.39, 0.29) is 0 Å². The van der Waals surface area contributed by atoms with Crippen LogP contribution in [0.3, 0.4) is 0 Å². The zero-order chi connectivity index (χ0) is 17.4. The van der Waals surface area contributed by atoms with E-state index in [0.717, 1.165) is 37.7 Å². The van der Waals surface area contributed by atoms with Gasteiger partial charge in [-0.25, -0.2) is 4.21 Å². The number of benzene rings is 3. The van der Waals surface area contributed by atoms with Crippen molar-refractivity contribution in [3.05, 3.63) is 95.1 Å². The van der Waals surface area contributed by atoms with Gasteiger partial charge < -0.3 is 0 Å². The topological polar surface area (TPSA) is 29.4 Å². The van der Waals surface area contributed by atoms with Crippen LogP contribution in [0.1, 0.15) is 22.3 Å². The molecule has 124 valence electrons. The second-order valence-corrected chi connectivity index (χ2v) is 8.52. The maximum Gasteiger partial charge on any atom is 0.109 e. The number of aryl methyl sites for hydroxylation is 2. The Balaban J connectivity index is 2.04. The molecule has 3 aromatic rings.